The van der Waals surface area contributed by atoms with Gasteiger partial charge in [-0.3, -0.25) is 0 Å². The summed E-state index contributed by atoms with van der Waals surface area (Å²) in [6.07, 6.45) is 1.09. The predicted octanol–water partition coefficient (Wildman–Crippen LogP) is 2.27. The zero-order chi connectivity index (χ0) is 11.7. The SMILES string of the molecule is CCc1ccc2nc(N3CCNCC3)sc2c1. The normalized spacial score (nSPS) is 16.6. The molecule has 4 heteroatoms. The molecule has 2 aromatic rings. The summed E-state index contributed by atoms with van der Waals surface area (Å²) in [5, 5.41) is 4.55. The lowest BCUT2D eigenvalue weighted by atomic mass is 10.2. The van der Waals surface area contributed by atoms with Gasteiger partial charge in [-0.1, -0.05) is 24.3 Å². The van der Waals surface area contributed by atoms with Crippen molar-refractivity contribution in [3.8, 4) is 0 Å². The van der Waals surface area contributed by atoms with E-state index in [4.69, 9.17) is 4.98 Å². The molecule has 0 amide bonds. The topological polar surface area (TPSA) is 28.2 Å². The number of nitrogens with one attached hydrogen (secondary N) is 1. The van der Waals surface area contributed by atoms with E-state index in [-0.39, 0.29) is 0 Å². The number of fused-ring (bicyclic) bond motifs is 1. The quantitative estimate of drug-likeness (QED) is 0.882. The number of anilines is 1. The molecule has 3 nitrogen and oxygen atoms in total. The van der Waals surface area contributed by atoms with Gasteiger partial charge in [-0.2, -0.15) is 0 Å². The first kappa shape index (κ1) is 11.0. The molecular weight excluding hydrogens is 230 g/mol. The minimum Gasteiger partial charge on any atom is -0.346 e. The molecule has 1 aliphatic heterocycles. The average Bonchev–Trinajstić information content (AvgIpc) is 2.82. The van der Waals surface area contributed by atoms with Gasteiger partial charge in [0.1, 0.15) is 0 Å². The maximum Gasteiger partial charge on any atom is 0.186 e. The number of nitrogens with zero attached hydrogens (tertiary/aromatic N) is 2. The highest BCUT2D eigenvalue weighted by Gasteiger charge is 2.14. The van der Waals surface area contributed by atoms with Crippen LogP contribution in [0.3, 0.4) is 0 Å². The summed E-state index contributed by atoms with van der Waals surface area (Å²) in [7, 11) is 0. The third-order valence-electron chi connectivity index (χ3n) is 3.24. The van der Waals surface area contributed by atoms with Crippen LogP contribution in [0.25, 0.3) is 10.2 Å². The van der Waals surface area contributed by atoms with Crippen LogP contribution in [0.2, 0.25) is 0 Å². The highest BCUT2D eigenvalue weighted by molar-refractivity contribution is 7.22. The van der Waals surface area contributed by atoms with Crippen LogP contribution in [0.4, 0.5) is 5.13 Å². The third kappa shape index (κ3) is 2.15. The van der Waals surface area contributed by atoms with Gasteiger partial charge in [0.2, 0.25) is 0 Å². The molecule has 90 valence electrons. The smallest absolute Gasteiger partial charge is 0.186 e. The largest absolute Gasteiger partial charge is 0.346 e. The van der Waals surface area contributed by atoms with E-state index in [0.29, 0.717) is 0 Å². The Morgan fingerprint density at radius 1 is 1.35 bits per heavy atom. The van der Waals surface area contributed by atoms with Crippen molar-refractivity contribution in [2.24, 2.45) is 0 Å². The molecule has 1 aromatic carbocycles. The van der Waals surface area contributed by atoms with Crippen LogP contribution in [0, 0.1) is 0 Å². The number of piperazine rings is 1. The first-order valence-electron chi connectivity index (χ1n) is 6.22. The fourth-order valence-corrected chi connectivity index (χ4v) is 3.25. The molecule has 1 aromatic heterocycles. The molecule has 1 saturated heterocycles. The predicted molar refractivity (Wildman–Crippen MR) is 74.1 cm³/mol. The summed E-state index contributed by atoms with van der Waals surface area (Å²) >= 11 is 1.82. The van der Waals surface area contributed by atoms with Crippen molar-refractivity contribution in [2.75, 3.05) is 31.1 Å². The molecule has 1 fully saturated rings. The number of aromatic nitrogens is 1. The Kier molecular flexibility index (Phi) is 2.99. The van der Waals surface area contributed by atoms with Gasteiger partial charge in [0.15, 0.2) is 5.13 Å². The summed E-state index contributed by atoms with van der Waals surface area (Å²) < 4.78 is 1.32. The van der Waals surface area contributed by atoms with Crippen LogP contribution in [0.5, 0.6) is 0 Å². The van der Waals surface area contributed by atoms with Crippen LogP contribution < -0.4 is 10.2 Å². The van der Waals surface area contributed by atoms with Crippen molar-refractivity contribution in [3.63, 3.8) is 0 Å². The second kappa shape index (κ2) is 4.63. The maximum absolute atomic E-state index is 4.73. The number of aryl methyl sites for hydroxylation is 1. The lowest BCUT2D eigenvalue weighted by molar-refractivity contribution is 0.588. The van der Waals surface area contributed by atoms with E-state index in [1.54, 1.807) is 0 Å². The highest BCUT2D eigenvalue weighted by atomic mass is 32.1. The Labute approximate surface area is 105 Å². The second-order valence-electron chi connectivity index (χ2n) is 4.39. The summed E-state index contributed by atoms with van der Waals surface area (Å²) in [6.45, 7) is 6.46. The molecule has 0 radical (unpaired) electrons. The number of thiazole rings is 1. The number of hydrogen-bond donors (Lipinski definition) is 1. The van der Waals surface area contributed by atoms with E-state index in [0.717, 1.165) is 38.1 Å². The average molecular weight is 247 g/mol. The number of hydrogen-bond acceptors (Lipinski definition) is 4. The van der Waals surface area contributed by atoms with Crippen molar-refractivity contribution in [1.29, 1.82) is 0 Å². The van der Waals surface area contributed by atoms with Gasteiger partial charge in [0.25, 0.3) is 0 Å². The van der Waals surface area contributed by atoms with Crippen molar-refractivity contribution in [1.82, 2.24) is 10.3 Å². The lowest BCUT2D eigenvalue weighted by Gasteiger charge is -2.26. The van der Waals surface area contributed by atoms with Gasteiger partial charge < -0.3 is 10.2 Å². The highest BCUT2D eigenvalue weighted by Crippen LogP contribution is 2.29. The maximum atomic E-state index is 4.73. The molecule has 0 spiro atoms. The van der Waals surface area contributed by atoms with Gasteiger partial charge in [-0.15, -0.1) is 0 Å². The van der Waals surface area contributed by atoms with Crippen LogP contribution in [0.15, 0.2) is 18.2 Å². The molecular formula is C13H17N3S. The van der Waals surface area contributed by atoms with Crippen molar-refractivity contribution >= 4 is 26.7 Å². The summed E-state index contributed by atoms with van der Waals surface area (Å²) in [5.41, 5.74) is 2.54. The monoisotopic (exact) mass is 247 g/mol. The van der Waals surface area contributed by atoms with Gasteiger partial charge in [0, 0.05) is 26.2 Å². The first-order chi connectivity index (χ1) is 8.36. The zero-order valence-electron chi connectivity index (χ0n) is 10.1. The van der Waals surface area contributed by atoms with Crippen LogP contribution >= 0.6 is 11.3 Å². The molecule has 0 bridgehead atoms. The van der Waals surface area contributed by atoms with Crippen LogP contribution in [-0.2, 0) is 6.42 Å². The van der Waals surface area contributed by atoms with Crippen LogP contribution in [0.1, 0.15) is 12.5 Å². The zero-order valence-corrected chi connectivity index (χ0v) is 10.9. The Bertz CT molecular complexity index is 514. The van der Waals surface area contributed by atoms with Gasteiger partial charge in [-0.05, 0) is 24.1 Å². The van der Waals surface area contributed by atoms with E-state index in [1.165, 1.54) is 15.4 Å². The Morgan fingerprint density at radius 3 is 2.94 bits per heavy atom. The minimum absolute atomic E-state index is 1.07. The number of benzene rings is 1. The summed E-state index contributed by atoms with van der Waals surface area (Å²) in [4.78, 5) is 7.11. The van der Waals surface area contributed by atoms with Crippen molar-refractivity contribution < 1.29 is 0 Å². The van der Waals surface area contributed by atoms with E-state index in [9.17, 15) is 0 Å². The molecule has 1 N–H and O–H groups in total. The Morgan fingerprint density at radius 2 is 2.18 bits per heavy atom. The molecule has 0 aliphatic carbocycles. The fraction of sp³-hybridized carbons (Fsp3) is 0.462. The Balaban J connectivity index is 1.95. The first-order valence-corrected chi connectivity index (χ1v) is 7.03. The third-order valence-corrected chi connectivity index (χ3v) is 4.32. The minimum atomic E-state index is 1.07. The molecule has 0 atom stereocenters. The van der Waals surface area contributed by atoms with Gasteiger partial charge >= 0.3 is 0 Å². The van der Waals surface area contributed by atoms with Crippen molar-refractivity contribution in [2.45, 2.75) is 13.3 Å². The van der Waals surface area contributed by atoms with Crippen LogP contribution in [-0.4, -0.2) is 31.2 Å². The molecule has 2 heterocycles. The molecule has 1 aliphatic rings. The van der Waals surface area contributed by atoms with E-state index in [1.807, 2.05) is 11.3 Å². The fourth-order valence-electron chi connectivity index (χ4n) is 2.17. The standard InChI is InChI=1S/C13H17N3S/c1-2-10-3-4-11-12(9-10)17-13(15-11)16-7-5-14-6-8-16/h3-4,9,14H,2,5-8H2,1H3. The van der Waals surface area contributed by atoms with E-state index < -0.39 is 0 Å². The molecule has 0 unspecified atom stereocenters. The lowest BCUT2D eigenvalue weighted by Crippen LogP contribution is -2.43. The summed E-state index contributed by atoms with van der Waals surface area (Å²) in [6, 6.07) is 6.61. The van der Waals surface area contributed by atoms with Gasteiger partial charge in [-0.25, -0.2) is 4.98 Å². The van der Waals surface area contributed by atoms with E-state index in [2.05, 4.69) is 35.3 Å². The molecule has 17 heavy (non-hydrogen) atoms. The summed E-state index contributed by atoms with van der Waals surface area (Å²) in [5.74, 6) is 0. The molecule has 0 saturated carbocycles. The van der Waals surface area contributed by atoms with E-state index >= 15 is 0 Å². The second-order valence-corrected chi connectivity index (χ2v) is 5.40. The number of rotatable bonds is 2. The molecule has 3 rings (SSSR count). The van der Waals surface area contributed by atoms with Crippen molar-refractivity contribution in [3.05, 3.63) is 23.8 Å². The van der Waals surface area contributed by atoms with Gasteiger partial charge in [0.05, 0.1) is 10.2 Å². The Hall–Kier alpha value is -1.13.